The van der Waals surface area contributed by atoms with Crippen LogP contribution in [0.1, 0.15) is 10.4 Å². The standard InChI is InChI=1S/C16H13F2NO3S/c1-23-11-5-2-4-10(8-11)19-14(20)9-22-16(21)15-12(17)6-3-7-13(15)18/h2-8H,9H2,1H3,(H,19,20). The van der Waals surface area contributed by atoms with Gasteiger partial charge in [0.2, 0.25) is 0 Å². The van der Waals surface area contributed by atoms with E-state index in [1.165, 1.54) is 11.8 Å². The Kier molecular flexibility index (Phi) is 5.70. The third kappa shape index (κ3) is 4.53. The second-order valence-electron chi connectivity index (χ2n) is 4.45. The highest BCUT2D eigenvalue weighted by atomic mass is 32.2. The maximum Gasteiger partial charge on any atom is 0.344 e. The molecule has 2 rings (SSSR count). The molecular formula is C16H13F2NO3S. The quantitative estimate of drug-likeness (QED) is 0.670. The van der Waals surface area contributed by atoms with Crippen molar-refractivity contribution in [1.29, 1.82) is 0 Å². The molecule has 0 fully saturated rings. The van der Waals surface area contributed by atoms with Gasteiger partial charge < -0.3 is 10.1 Å². The van der Waals surface area contributed by atoms with Crippen molar-refractivity contribution >= 4 is 29.3 Å². The van der Waals surface area contributed by atoms with Gasteiger partial charge in [-0.25, -0.2) is 13.6 Å². The molecular weight excluding hydrogens is 324 g/mol. The summed E-state index contributed by atoms with van der Waals surface area (Å²) in [4.78, 5) is 24.3. The maximum absolute atomic E-state index is 13.4. The highest BCUT2D eigenvalue weighted by Crippen LogP contribution is 2.19. The number of ether oxygens (including phenoxy) is 1. The van der Waals surface area contributed by atoms with Crippen LogP contribution in [0.15, 0.2) is 47.4 Å². The van der Waals surface area contributed by atoms with E-state index in [1.54, 1.807) is 18.2 Å². The van der Waals surface area contributed by atoms with Crippen LogP contribution in [-0.2, 0) is 9.53 Å². The number of nitrogens with one attached hydrogen (secondary N) is 1. The van der Waals surface area contributed by atoms with Gasteiger partial charge in [-0.15, -0.1) is 11.8 Å². The summed E-state index contributed by atoms with van der Waals surface area (Å²) in [6.07, 6.45) is 1.89. The van der Waals surface area contributed by atoms with Crippen LogP contribution in [0.5, 0.6) is 0 Å². The molecule has 0 radical (unpaired) electrons. The SMILES string of the molecule is CSc1cccc(NC(=O)COC(=O)c2c(F)cccc2F)c1. The number of halogens is 2. The Balaban J connectivity index is 1.95. The van der Waals surface area contributed by atoms with E-state index >= 15 is 0 Å². The lowest BCUT2D eigenvalue weighted by Gasteiger charge is -2.08. The first-order valence-electron chi connectivity index (χ1n) is 6.56. The van der Waals surface area contributed by atoms with Crippen LogP contribution < -0.4 is 5.32 Å². The monoisotopic (exact) mass is 337 g/mol. The van der Waals surface area contributed by atoms with Crippen molar-refractivity contribution in [2.45, 2.75) is 4.90 Å². The van der Waals surface area contributed by atoms with Gasteiger partial charge in [0.15, 0.2) is 6.61 Å². The van der Waals surface area contributed by atoms with Crippen LogP contribution in [-0.4, -0.2) is 24.7 Å². The number of rotatable bonds is 5. The molecule has 0 heterocycles. The van der Waals surface area contributed by atoms with E-state index in [0.717, 1.165) is 23.1 Å². The third-order valence-electron chi connectivity index (χ3n) is 2.85. The van der Waals surface area contributed by atoms with Crippen LogP contribution in [0.2, 0.25) is 0 Å². The van der Waals surface area contributed by atoms with Crippen LogP contribution in [0.4, 0.5) is 14.5 Å². The normalized spacial score (nSPS) is 10.2. The van der Waals surface area contributed by atoms with E-state index in [-0.39, 0.29) is 0 Å². The lowest BCUT2D eigenvalue weighted by atomic mass is 10.2. The van der Waals surface area contributed by atoms with Crippen LogP contribution in [0.25, 0.3) is 0 Å². The molecule has 0 saturated carbocycles. The van der Waals surface area contributed by atoms with Gasteiger partial charge in [-0.05, 0) is 36.6 Å². The molecule has 0 aromatic heterocycles. The summed E-state index contributed by atoms with van der Waals surface area (Å²) in [7, 11) is 0. The van der Waals surface area contributed by atoms with Crippen LogP contribution in [0.3, 0.4) is 0 Å². The lowest BCUT2D eigenvalue weighted by molar-refractivity contribution is -0.119. The second kappa shape index (κ2) is 7.73. The minimum atomic E-state index is -1.23. The Morgan fingerprint density at radius 3 is 2.43 bits per heavy atom. The summed E-state index contributed by atoms with van der Waals surface area (Å²) >= 11 is 1.51. The van der Waals surface area contributed by atoms with Crippen molar-refractivity contribution in [3.63, 3.8) is 0 Å². The molecule has 2 aromatic rings. The highest BCUT2D eigenvalue weighted by Gasteiger charge is 2.19. The predicted molar refractivity (Wildman–Crippen MR) is 83.5 cm³/mol. The van der Waals surface area contributed by atoms with Gasteiger partial charge in [-0.1, -0.05) is 12.1 Å². The number of carbonyl (C=O) groups is 2. The van der Waals surface area contributed by atoms with Gasteiger partial charge in [0.05, 0.1) is 0 Å². The first-order valence-corrected chi connectivity index (χ1v) is 7.79. The molecule has 23 heavy (non-hydrogen) atoms. The molecule has 2 aromatic carbocycles. The Labute approximate surface area is 135 Å². The smallest absolute Gasteiger partial charge is 0.344 e. The van der Waals surface area contributed by atoms with Gasteiger partial charge in [0.1, 0.15) is 17.2 Å². The molecule has 4 nitrogen and oxygen atoms in total. The average Bonchev–Trinajstić information content (AvgIpc) is 2.53. The number of thioether (sulfide) groups is 1. The molecule has 0 spiro atoms. The zero-order chi connectivity index (χ0) is 16.8. The largest absolute Gasteiger partial charge is 0.452 e. The average molecular weight is 337 g/mol. The van der Waals surface area contributed by atoms with E-state index in [1.807, 2.05) is 12.3 Å². The molecule has 0 saturated heterocycles. The van der Waals surface area contributed by atoms with Gasteiger partial charge in [0.25, 0.3) is 5.91 Å². The maximum atomic E-state index is 13.4. The van der Waals surface area contributed by atoms with E-state index in [9.17, 15) is 18.4 Å². The van der Waals surface area contributed by atoms with Crippen molar-refractivity contribution in [1.82, 2.24) is 0 Å². The van der Waals surface area contributed by atoms with Gasteiger partial charge in [0, 0.05) is 10.6 Å². The number of esters is 1. The van der Waals surface area contributed by atoms with Crippen molar-refractivity contribution in [3.05, 3.63) is 59.7 Å². The second-order valence-corrected chi connectivity index (χ2v) is 5.33. The highest BCUT2D eigenvalue weighted by molar-refractivity contribution is 7.98. The lowest BCUT2D eigenvalue weighted by Crippen LogP contribution is -2.21. The first kappa shape index (κ1) is 17.0. The fourth-order valence-electron chi connectivity index (χ4n) is 1.79. The summed E-state index contributed by atoms with van der Waals surface area (Å²) < 4.78 is 31.5. The summed E-state index contributed by atoms with van der Waals surface area (Å²) in [6, 6.07) is 10.1. The molecule has 120 valence electrons. The number of amides is 1. The van der Waals surface area contributed by atoms with E-state index in [4.69, 9.17) is 0 Å². The van der Waals surface area contributed by atoms with Crippen molar-refractivity contribution < 1.29 is 23.1 Å². The van der Waals surface area contributed by atoms with Crippen LogP contribution >= 0.6 is 11.8 Å². The molecule has 0 aliphatic carbocycles. The topological polar surface area (TPSA) is 55.4 Å². The van der Waals surface area contributed by atoms with Gasteiger partial charge in [-0.3, -0.25) is 4.79 Å². The van der Waals surface area contributed by atoms with Crippen LogP contribution in [0, 0.1) is 11.6 Å². The Morgan fingerprint density at radius 1 is 1.13 bits per heavy atom. The molecule has 7 heteroatoms. The van der Waals surface area contributed by atoms with Gasteiger partial charge >= 0.3 is 5.97 Å². The fraction of sp³-hybridized carbons (Fsp3) is 0.125. The number of hydrogen-bond donors (Lipinski definition) is 1. The zero-order valence-corrected chi connectivity index (χ0v) is 13.0. The van der Waals surface area contributed by atoms with Crippen molar-refractivity contribution in [2.24, 2.45) is 0 Å². The third-order valence-corrected chi connectivity index (χ3v) is 3.58. The van der Waals surface area contributed by atoms with Crippen molar-refractivity contribution in [3.8, 4) is 0 Å². The van der Waals surface area contributed by atoms with E-state index in [2.05, 4.69) is 10.1 Å². The summed E-state index contributed by atoms with van der Waals surface area (Å²) in [6.45, 7) is -0.643. The number of anilines is 1. The minimum Gasteiger partial charge on any atom is -0.452 e. The molecule has 0 aliphatic rings. The Bertz CT molecular complexity index is 717. The Morgan fingerprint density at radius 2 is 1.78 bits per heavy atom. The van der Waals surface area contributed by atoms with E-state index in [0.29, 0.717) is 5.69 Å². The zero-order valence-electron chi connectivity index (χ0n) is 12.1. The number of carbonyl (C=O) groups excluding carboxylic acids is 2. The fourth-order valence-corrected chi connectivity index (χ4v) is 2.25. The summed E-state index contributed by atoms with van der Waals surface area (Å²) in [5, 5.41) is 2.54. The molecule has 0 bridgehead atoms. The molecule has 1 amide bonds. The number of hydrogen-bond acceptors (Lipinski definition) is 4. The van der Waals surface area contributed by atoms with Gasteiger partial charge in [-0.2, -0.15) is 0 Å². The van der Waals surface area contributed by atoms with Crippen molar-refractivity contribution in [2.75, 3.05) is 18.2 Å². The molecule has 0 aliphatic heterocycles. The first-order chi connectivity index (χ1) is 11.0. The Hall–Kier alpha value is -2.41. The summed E-state index contributed by atoms with van der Waals surface area (Å²) in [5.41, 5.74) is -0.278. The summed E-state index contributed by atoms with van der Waals surface area (Å²) in [5.74, 6) is -3.91. The molecule has 0 unspecified atom stereocenters. The van der Waals surface area contributed by atoms with E-state index < -0.39 is 35.7 Å². The number of benzene rings is 2. The molecule has 0 atom stereocenters. The predicted octanol–water partition coefficient (Wildman–Crippen LogP) is 3.48. The minimum absolute atomic E-state index is 0.537. The molecule has 1 N–H and O–H groups in total.